The first kappa shape index (κ1) is 14.4. The van der Waals surface area contributed by atoms with Gasteiger partial charge in [0.2, 0.25) is 11.8 Å². The minimum atomic E-state index is -0.464. The molecule has 3 rings (SSSR count). The number of nitrogens with one attached hydrogen (secondary N) is 2. The molecule has 0 aliphatic carbocycles. The van der Waals surface area contributed by atoms with Gasteiger partial charge < -0.3 is 9.73 Å². The van der Waals surface area contributed by atoms with Crippen molar-refractivity contribution in [1.29, 1.82) is 0 Å². The van der Waals surface area contributed by atoms with Crippen LogP contribution in [0.1, 0.15) is 12.2 Å². The topological polar surface area (TPSA) is 83.7 Å². The van der Waals surface area contributed by atoms with Crippen LogP contribution in [-0.2, 0) is 9.59 Å². The van der Waals surface area contributed by atoms with Gasteiger partial charge in [-0.3, -0.25) is 9.59 Å². The Morgan fingerprint density at radius 3 is 3.05 bits per heavy atom. The highest BCUT2D eigenvalue weighted by molar-refractivity contribution is 8.01. The Morgan fingerprint density at radius 1 is 1.36 bits per heavy atom. The zero-order valence-corrected chi connectivity index (χ0v) is 12.3. The molecule has 2 N–H and O–H groups in total. The molecule has 1 aromatic carbocycles. The molecule has 22 heavy (non-hydrogen) atoms. The molecule has 1 aliphatic heterocycles. The maximum atomic E-state index is 12.0. The average molecular weight is 315 g/mol. The standard InChI is InChI=1S/C15H13N3O3S/c19-14(18-16-9-10-4-3-7-21-10)8-13-15(20)17-11-5-1-2-6-12(11)22-13/h1-7,9,13H,8H2,(H,17,20)(H,18,19)/b16-9-/t13-/m0/s1. The Kier molecular flexibility index (Phi) is 4.24. The summed E-state index contributed by atoms with van der Waals surface area (Å²) >= 11 is 1.38. The van der Waals surface area contributed by atoms with E-state index in [0.29, 0.717) is 5.76 Å². The average Bonchev–Trinajstić information content (AvgIpc) is 3.01. The highest BCUT2D eigenvalue weighted by atomic mass is 32.2. The molecule has 2 aromatic rings. The number of fused-ring (bicyclic) bond motifs is 1. The third-order valence-electron chi connectivity index (χ3n) is 3.00. The maximum absolute atomic E-state index is 12.0. The minimum absolute atomic E-state index is 0.0559. The summed E-state index contributed by atoms with van der Waals surface area (Å²) < 4.78 is 5.05. The summed E-state index contributed by atoms with van der Waals surface area (Å²) in [5.41, 5.74) is 3.17. The molecule has 2 amide bonds. The molecule has 1 aliphatic rings. The van der Waals surface area contributed by atoms with E-state index in [0.717, 1.165) is 10.6 Å². The van der Waals surface area contributed by atoms with Crippen molar-refractivity contribution in [2.24, 2.45) is 5.10 Å². The number of nitrogens with zero attached hydrogens (tertiary/aromatic N) is 1. The predicted molar refractivity (Wildman–Crippen MR) is 83.8 cm³/mol. The van der Waals surface area contributed by atoms with Crippen LogP contribution in [0.2, 0.25) is 0 Å². The maximum Gasteiger partial charge on any atom is 0.241 e. The molecule has 1 aromatic heterocycles. The number of hydrogen-bond donors (Lipinski definition) is 2. The largest absolute Gasteiger partial charge is 0.463 e. The second-order valence-electron chi connectivity index (χ2n) is 4.60. The van der Waals surface area contributed by atoms with Crippen molar-refractivity contribution >= 4 is 35.5 Å². The van der Waals surface area contributed by atoms with Crippen molar-refractivity contribution in [2.75, 3.05) is 5.32 Å². The van der Waals surface area contributed by atoms with Crippen LogP contribution in [0.25, 0.3) is 0 Å². The van der Waals surface area contributed by atoms with Crippen LogP contribution < -0.4 is 10.7 Å². The number of hydrogen-bond acceptors (Lipinski definition) is 5. The fourth-order valence-electron chi connectivity index (χ4n) is 1.97. The van der Waals surface area contributed by atoms with Crippen LogP contribution in [0.5, 0.6) is 0 Å². The predicted octanol–water partition coefficient (Wildman–Crippen LogP) is 2.23. The third kappa shape index (κ3) is 3.37. The zero-order chi connectivity index (χ0) is 15.4. The summed E-state index contributed by atoms with van der Waals surface area (Å²) in [7, 11) is 0. The van der Waals surface area contributed by atoms with Gasteiger partial charge in [0.05, 0.1) is 23.4 Å². The molecule has 1 atom stereocenters. The smallest absolute Gasteiger partial charge is 0.241 e. The van der Waals surface area contributed by atoms with Gasteiger partial charge in [0.25, 0.3) is 0 Å². The Hall–Kier alpha value is -2.54. The third-order valence-corrected chi connectivity index (χ3v) is 4.28. The van der Waals surface area contributed by atoms with E-state index in [9.17, 15) is 9.59 Å². The first-order chi connectivity index (χ1) is 10.7. The lowest BCUT2D eigenvalue weighted by Gasteiger charge is -2.23. The number of furan rings is 1. The van der Waals surface area contributed by atoms with Gasteiger partial charge in [-0.1, -0.05) is 12.1 Å². The van der Waals surface area contributed by atoms with E-state index in [1.165, 1.54) is 24.2 Å². The fourth-order valence-corrected chi connectivity index (χ4v) is 3.08. The fraction of sp³-hybridized carbons (Fsp3) is 0.133. The van der Waals surface area contributed by atoms with Crippen LogP contribution in [-0.4, -0.2) is 23.3 Å². The number of amides is 2. The number of carbonyl (C=O) groups excluding carboxylic acids is 2. The molecule has 0 radical (unpaired) electrons. The quantitative estimate of drug-likeness (QED) is 0.669. The Balaban J connectivity index is 1.57. The Bertz CT molecular complexity index is 713. The normalized spacial score (nSPS) is 17.1. The molecule has 0 fully saturated rings. The molecule has 0 unspecified atom stereocenters. The number of rotatable bonds is 4. The summed E-state index contributed by atoms with van der Waals surface area (Å²) in [6.45, 7) is 0. The number of hydrazone groups is 1. The van der Waals surface area contributed by atoms with Crippen molar-refractivity contribution in [1.82, 2.24) is 5.43 Å². The summed E-state index contributed by atoms with van der Waals surface area (Å²) in [5, 5.41) is 6.13. The number of anilines is 1. The first-order valence-corrected chi connectivity index (χ1v) is 7.52. The van der Waals surface area contributed by atoms with Gasteiger partial charge in [-0.15, -0.1) is 11.8 Å². The second-order valence-corrected chi connectivity index (χ2v) is 5.85. The molecular formula is C15H13N3O3S. The minimum Gasteiger partial charge on any atom is -0.463 e. The van der Waals surface area contributed by atoms with Crippen molar-refractivity contribution in [2.45, 2.75) is 16.6 Å². The molecule has 2 heterocycles. The van der Waals surface area contributed by atoms with E-state index >= 15 is 0 Å². The Morgan fingerprint density at radius 2 is 2.23 bits per heavy atom. The monoisotopic (exact) mass is 315 g/mol. The molecule has 0 bridgehead atoms. The number of thioether (sulfide) groups is 1. The lowest BCUT2D eigenvalue weighted by Crippen LogP contribution is -2.33. The molecule has 0 saturated heterocycles. The van der Waals surface area contributed by atoms with Gasteiger partial charge in [-0.25, -0.2) is 5.43 Å². The van der Waals surface area contributed by atoms with Gasteiger partial charge in [0.15, 0.2) is 0 Å². The summed E-state index contributed by atoms with van der Waals surface area (Å²) in [4.78, 5) is 24.8. The lowest BCUT2D eigenvalue weighted by molar-refractivity contribution is -0.124. The summed E-state index contributed by atoms with van der Waals surface area (Å²) in [5.74, 6) is 0.0442. The SMILES string of the molecule is O=C(C[C@@H]1Sc2ccccc2NC1=O)N/N=C\c1ccco1. The van der Waals surface area contributed by atoms with Crippen LogP contribution in [0, 0.1) is 0 Å². The molecular weight excluding hydrogens is 302 g/mol. The molecule has 6 nitrogen and oxygen atoms in total. The van der Waals surface area contributed by atoms with Crippen molar-refractivity contribution < 1.29 is 14.0 Å². The van der Waals surface area contributed by atoms with E-state index in [-0.39, 0.29) is 18.2 Å². The number of carbonyl (C=O) groups is 2. The van der Waals surface area contributed by atoms with Gasteiger partial charge in [-0.2, -0.15) is 5.10 Å². The van der Waals surface area contributed by atoms with Crippen LogP contribution in [0.15, 0.2) is 57.1 Å². The number of benzene rings is 1. The summed E-state index contributed by atoms with van der Waals surface area (Å²) in [6, 6.07) is 11.0. The van der Waals surface area contributed by atoms with Gasteiger partial charge in [0.1, 0.15) is 5.76 Å². The Labute approximate surface area is 131 Å². The van der Waals surface area contributed by atoms with E-state index in [1.807, 2.05) is 24.3 Å². The van der Waals surface area contributed by atoms with E-state index < -0.39 is 5.25 Å². The first-order valence-electron chi connectivity index (χ1n) is 6.64. The highest BCUT2D eigenvalue weighted by Crippen LogP contribution is 2.36. The molecule has 0 spiro atoms. The van der Waals surface area contributed by atoms with Crippen LogP contribution in [0.4, 0.5) is 5.69 Å². The van der Waals surface area contributed by atoms with Gasteiger partial charge >= 0.3 is 0 Å². The zero-order valence-electron chi connectivity index (χ0n) is 11.5. The van der Waals surface area contributed by atoms with Gasteiger partial charge in [-0.05, 0) is 24.3 Å². The number of para-hydroxylation sites is 1. The highest BCUT2D eigenvalue weighted by Gasteiger charge is 2.28. The van der Waals surface area contributed by atoms with E-state index in [4.69, 9.17) is 4.42 Å². The van der Waals surface area contributed by atoms with E-state index in [2.05, 4.69) is 15.8 Å². The summed E-state index contributed by atoms with van der Waals surface area (Å²) in [6.07, 6.45) is 2.98. The molecule has 7 heteroatoms. The van der Waals surface area contributed by atoms with E-state index in [1.54, 1.807) is 12.1 Å². The second kappa shape index (κ2) is 6.48. The van der Waals surface area contributed by atoms with Crippen LogP contribution >= 0.6 is 11.8 Å². The molecule has 0 saturated carbocycles. The van der Waals surface area contributed by atoms with Crippen molar-refractivity contribution in [3.05, 3.63) is 48.4 Å². The van der Waals surface area contributed by atoms with Crippen molar-refractivity contribution in [3.63, 3.8) is 0 Å². The molecule has 112 valence electrons. The lowest BCUT2D eigenvalue weighted by atomic mass is 10.2. The van der Waals surface area contributed by atoms with Gasteiger partial charge in [0, 0.05) is 11.3 Å². The van der Waals surface area contributed by atoms with Crippen molar-refractivity contribution in [3.8, 4) is 0 Å². The van der Waals surface area contributed by atoms with Crippen LogP contribution in [0.3, 0.4) is 0 Å².